The van der Waals surface area contributed by atoms with Gasteiger partial charge in [0.25, 0.3) is 0 Å². The summed E-state index contributed by atoms with van der Waals surface area (Å²) in [6, 6.07) is 7.09. The number of hydrogen-bond acceptors (Lipinski definition) is 4. The molecule has 130 valence electrons. The lowest BCUT2D eigenvalue weighted by Crippen LogP contribution is -2.42. The smallest absolute Gasteiger partial charge is 0.239 e. The Morgan fingerprint density at radius 3 is 2.75 bits per heavy atom. The van der Waals surface area contributed by atoms with E-state index in [0.29, 0.717) is 11.4 Å². The van der Waals surface area contributed by atoms with Gasteiger partial charge in [-0.2, -0.15) is 0 Å². The largest absolute Gasteiger partial charge is 0.351 e. The molecule has 1 aromatic carbocycles. The van der Waals surface area contributed by atoms with Crippen LogP contribution in [0.1, 0.15) is 24.3 Å². The molecule has 0 radical (unpaired) electrons. The van der Waals surface area contributed by atoms with Gasteiger partial charge in [0.05, 0.1) is 18.1 Å². The molecular formula is C16H19ClN2O4S. The lowest BCUT2D eigenvalue weighted by molar-refractivity contribution is -0.127. The summed E-state index contributed by atoms with van der Waals surface area (Å²) < 4.78 is 22.7. The van der Waals surface area contributed by atoms with E-state index >= 15 is 0 Å². The minimum atomic E-state index is -3.03. The maximum atomic E-state index is 12.1. The molecular weight excluding hydrogens is 352 g/mol. The van der Waals surface area contributed by atoms with Crippen LogP contribution in [-0.2, 0) is 19.4 Å². The van der Waals surface area contributed by atoms with Crippen molar-refractivity contribution in [2.24, 2.45) is 5.92 Å². The first kappa shape index (κ1) is 17.2. The summed E-state index contributed by atoms with van der Waals surface area (Å²) in [6.45, 7) is -0.131. The number of nitrogens with one attached hydrogen (secondary N) is 2. The van der Waals surface area contributed by atoms with E-state index in [1.807, 2.05) is 18.2 Å². The molecule has 1 aromatic rings. The predicted molar refractivity (Wildman–Crippen MR) is 90.5 cm³/mol. The first-order valence-corrected chi connectivity index (χ1v) is 10.1. The Morgan fingerprint density at radius 2 is 2.08 bits per heavy atom. The molecule has 1 aliphatic carbocycles. The number of carbonyl (C=O) groups is 2. The summed E-state index contributed by atoms with van der Waals surface area (Å²) in [4.78, 5) is 23.9. The zero-order chi connectivity index (χ0) is 17.3. The molecule has 1 aliphatic heterocycles. The highest BCUT2D eigenvalue weighted by Crippen LogP contribution is 2.47. The van der Waals surface area contributed by atoms with Crippen LogP contribution in [0.25, 0.3) is 0 Å². The number of carbonyl (C=O) groups excluding carboxylic acids is 2. The first-order chi connectivity index (χ1) is 11.3. The van der Waals surface area contributed by atoms with Crippen molar-refractivity contribution < 1.29 is 18.0 Å². The highest BCUT2D eigenvalue weighted by atomic mass is 35.5. The third-order valence-electron chi connectivity index (χ3n) is 4.42. The second-order valence-electron chi connectivity index (χ2n) is 6.39. The molecule has 2 N–H and O–H groups in total. The van der Waals surface area contributed by atoms with Gasteiger partial charge in [-0.1, -0.05) is 23.7 Å². The lowest BCUT2D eigenvalue weighted by atomic mass is 10.1. The summed E-state index contributed by atoms with van der Waals surface area (Å²) in [5.41, 5.74) is 1.03. The van der Waals surface area contributed by atoms with Crippen LogP contribution in [0.3, 0.4) is 0 Å². The highest BCUT2D eigenvalue weighted by molar-refractivity contribution is 7.91. The fourth-order valence-electron chi connectivity index (χ4n) is 3.08. The van der Waals surface area contributed by atoms with Gasteiger partial charge >= 0.3 is 0 Å². The third kappa shape index (κ3) is 4.27. The van der Waals surface area contributed by atoms with Crippen LogP contribution in [0.5, 0.6) is 0 Å². The second-order valence-corrected chi connectivity index (χ2v) is 9.05. The van der Waals surface area contributed by atoms with Crippen molar-refractivity contribution in [3.8, 4) is 0 Å². The van der Waals surface area contributed by atoms with Gasteiger partial charge in [0.15, 0.2) is 9.84 Å². The van der Waals surface area contributed by atoms with Gasteiger partial charge < -0.3 is 10.6 Å². The van der Waals surface area contributed by atoms with E-state index in [-0.39, 0.29) is 47.7 Å². The average Bonchev–Trinajstić information content (AvgIpc) is 3.24. The van der Waals surface area contributed by atoms with Gasteiger partial charge in [-0.25, -0.2) is 8.42 Å². The Morgan fingerprint density at radius 1 is 1.29 bits per heavy atom. The Balaban J connectivity index is 1.43. The van der Waals surface area contributed by atoms with Gasteiger partial charge in [0, 0.05) is 17.0 Å². The van der Waals surface area contributed by atoms with E-state index < -0.39 is 9.84 Å². The quantitative estimate of drug-likeness (QED) is 0.804. The van der Waals surface area contributed by atoms with Crippen LogP contribution in [0.4, 0.5) is 0 Å². The van der Waals surface area contributed by atoms with E-state index in [0.717, 1.165) is 12.0 Å². The monoisotopic (exact) mass is 370 g/mol. The van der Waals surface area contributed by atoms with E-state index in [2.05, 4.69) is 10.6 Å². The van der Waals surface area contributed by atoms with Gasteiger partial charge in [0.2, 0.25) is 11.8 Å². The zero-order valence-corrected chi connectivity index (χ0v) is 14.6. The molecule has 2 amide bonds. The zero-order valence-electron chi connectivity index (χ0n) is 13.0. The van der Waals surface area contributed by atoms with Crippen LogP contribution >= 0.6 is 11.6 Å². The van der Waals surface area contributed by atoms with Crippen molar-refractivity contribution in [3.63, 3.8) is 0 Å². The predicted octanol–water partition coefficient (Wildman–Crippen LogP) is 0.863. The van der Waals surface area contributed by atoms with E-state index in [9.17, 15) is 18.0 Å². The highest BCUT2D eigenvalue weighted by Gasteiger charge is 2.44. The molecule has 0 unspecified atom stereocenters. The number of benzene rings is 1. The van der Waals surface area contributed by atoms with Gasteiger partial charge in [0.1, 0.15) is 0 Å². The van der Waals surface area contributed by atoms with Crippen molar-refractivity contribution in [2.45, 2.75) is 24.8 Å². The third-order valence-corrected chi connectivity index (χ3v) is 6.43. The molecule has 2 fully saturated rings. The van der Waals surface area contributed by atoms with Gasteiger partial charge in [-0.3, -0.25) is 9.59 Å². The van der Waals surface area contributed by atoms with Crippen LogP contribution in [-0.4, -0.2) is 44.3 Å². The Labute approximate surface area is 145 Å². The molecule has 1 saturated heterocycles. The van der Waals surface area contributed by atoms with E-state index in [1.165, 1.54) is 0 Å². The SMILES string of the molecule is O=C(CNC(=O)[C@@H]1C[C@@H]1c1cccc(Cl)c1)N[C@H]1CCS(=O)(=O)C1. The fourth-order valence-corrected chi connectivity index (χ4v) is 4.95. The average molecular weight is 371 g/mol. The van der Waals surface area contributed by atoms with Crippen LogP contribution in [0, 0.1) is 5.92 Å². The number of hydrogen-bond donors (Lipinski definition) is 2. The summed E-state index contributed by atoms with van der Waals surface area (Å²) in [7, 11) is -3.03. The molecule has 6 nitrogen and oxygen atoms in total. The molecule has 0 bridgehead atoms. The molecule has 2 aliphatic rings. The second kappa shape index (κ2) is 6.72. The van der Waals surface area contributed by atoms with Crippen molar-refractivity contribution in [1.82, 2.24) is 10.6 Å². The standard InChI is InChI=1S/C16H19ClN2O4S/c17-11-3-1-2-10(6-11)13-7-14(13)16(21)18-8-15(20)19-12-4-5-24(22,23)9-12/h1-3,6,12-14H,4-5,7-9H2,(H,18,21)(H,19,20)/t12-,13+,14+/m0/s1. The number of sulfone groups is 1. The maximum Gasteiger partial charge on any atom is 0.239 e. The summed E-state index contributed by atoms with van der Waals surface area (Å²) in [6.07, 6.45) is 1.18. The molecule has 3 rings (SSSR count). The summed E-state index contributed by atoms with van der Waals surface area (Å²) in [5, 5.41) is 5.91. The van der Waals surface area contributed by atoms with E-state index in [4.69, 9.17) is 11.6 Å². The Bertz CT molecular complexity index is 765. The topological polar surface area (TPSA) is 92.3 Å². The molecule has 3 atom stereocenters. The van der Waals surface area contributed by atoms with Crippen molar-refractivity contribution in [3.05, 3.63) is 34.9 Å². The summed E-state index contributed by atoms with van der Waals surface area (Å²) >= 11 is 5.95. The van der Waals surface area contributed by atoms with Gasteiger partial charge in [-0.05, 0) is 36.5 Å². The fraction of sp³-hybridized carbons (Fsp3) is 0.500. The minimum absolute atomic E-state index is 0.0217. The lowest BCUT2D eigenvalue weighted by Gasteiger charge is -2.11. The molecule has 24 heavy (non-hydrogen) atoms. The Hall–Kier alpha value is -1.60. The van der Waals surface area contributed by atoms with Crippen molar-refractivity contribution in [1.29, 1.82) is 0 Å². The molecule has 0 spiro atoms. The molecule has 8 heteroatoms. The molecule has 0 aromatic heterocycles. The minimum Gasteiger partial charge on any atom is -0.351 e. The van der Waals surface area contributed by atoms with Crippen LogP contribution in [0.2, 0.25) is 5.02 Å². The van der Waals surface area contributed by atoms with Crippen LogP contribution in [0.15, 0.2) is 24.3 Å². The normalized spacial score (nSPS) is 27.5. The van der Waals surface area contributed by atoms with Crippen LogP contribution < -0.4 is 10.6 Å². The maximum absolute atomic E-state index is 12.1. The van der Waals surface area contributed by atoms with Gasteiger partial charge in [-0.15, -0.1) is 0 Å². The summed E-state index contributed by atoms with van der Waals surface area (Å²) in [5.74, 6) is -0.422. The number of rotatable bonds is 5. The van der Waals surface area contributed by atoms with Crippen molar-refractivity contribution in [2.75, 3.05) is 18.1 Å². The molecule has 1 heterocycles. The first-order valence-electron chi connectivity index (χ1n) is 7.87. The van der Waals surface area contributed by atoms with E-state index in [1.54, 1.807) is 6.07 Å². The number of amides is 2. The Kier molecular flexibility index (Phi) is 4.83. The number of halogens is 1. The molecule has 1 saturated carbocycles. The van der Waals surface area contributed by atoms with Crippen molar-refractivity contribution >= 4 is 33.3 Å².